The van der Waals surface area contributed by atoms with Crippen LogP contribution in [0.5, 0.6) is 11.5 Å². The minimum absolute atomic E-state index is 0.0309. The second-order valence-corrected chi connectivity index (χ2v) is 10.2. The Morgan fingerprint density at radius 2 is 1.80 bits per heavy atom. The van der Waals surface area contributed by atoms with E-state index < -0.39 is 5.92 Å². The predicted octanol–water partition coefficient (Wildman–Crippen LogP) is 3.73. The number of piperazine rings is 1. The zero-order valence-electron chi connectivity index (χ0n) is 19.6. The Morgan fingerprint density at radius 1 is 1.00 bits per heavy atom. The highest BCUT2D eigenvalue weighted by molar-refractivity contribution is 7.10. The molecule has 8 heteroatoms. The van der Waals surface area contributed by atoms with Crippen molar-refractivity contribution < 1.29 is 19.1 Å². The number of carbonyl (C=O) groups excluding carboxylic acids is 2. The van der Waals surface area contributed by atoms with Gasteiger partial charge in [0.15, 0.2) is 11.5 Å². The number of ether oxygens (including phenoxy) is 2. The number of hydrogen-bond acceptors (Lipinski definition) is 6. The summed E-state index contributed by atoms with van der Waals surface area (Å²) in [6, 6.07) is 17.4. The van der Waals surface area contributed by atoms with Gasteiger partial charge in [0.2, 0.25) is 12.7 Å². The summed E-state index contributed by atoms with van der Waals surface area (Å²) < 4.78 is 10.9. The maximum atomic E-state index is 14.0. The molecule has 3 aromatic rings. The van der Waals surface area contributed by atoms with E-state index in [9.17, 15) is 9.59 Å². The van der Waals surface area contributed by atoms with Crippen LogP contribution < -0.4 is 9.47 Å². The van der Waals surface area contributed by atoms with Crippen LogP contribution in [0.3, 0.4) is 0 Å². The average molecular weight is 490 g/mol. The van der Waals surface area contributed by atoms with Crippen LogP contribution in [0.15, 0.2) is 60.0 Å². The molecule has 6 rings (SSSR count). The lowest BCUT2D eigenvalue weighted by molar-refractivity contribution is -0.136. The molecule has 0 spiro atoms. The van der Waals surface area contributed by atoms with Crippen LogP contribution in [0, 0.1) is 0 Å². The zero-order chi connectivity index (χ0) is 23.9. The maximum Gasteiger partial charge on any atom is 0.254 e. The highest BCUT2D eigenvalue weighted by atomic mass is 32.1. The molecule has 0 bridgehead atoms. The van der Waals surface area contributed by atoms with Crippen molar-refractivity contribution in [3.05, 3.63) is 81.5 Å². The number of amides is 2. The van der Waals surface area contributed by atoms with Crippen molar-refractivity contribution in [2.24, 2.45) is 0 Å². The molecule has 1 fully saturated rings. The first-order chi connectivity index (χ1) is 17.1. The molecule has 2 amide bonds. The fourth-order valence-corrected chi connectivity index (χ4v) is 6.28. The van der Waals surface area contributed by atoms with Crippen LogP contribution in [0.4, 0.5) is 0 Å². The van der Waals surface area contributed by atoms with Crippen molar-refractivity contribution in [2.75, 3.05) is 40.0 Å². The highest BCUT2D eigenvalue weighted by Crippen LogP contribution is 2.44. The minimum Gasteiger partial charge on any atom is -0.454 e. The van der Waals surface area contributed by atoms with Gasteiger partial charge in [0.05, 0.1) is 12.0 Å². The van der Waals surface area contributed by atoms with Gasteiger partial charge in [-0.25, -0.2) is 0 Å². The molecule has 2 aromatic carbocycles. The monoisotopic (exact) mass is 489 g/mol. The summed E-state index contributed by atoms with van der Waals surface area (Å²) in [6.07, 6.45) is 0. The van der Waals surface area contributed by atoms with E-state index in [2.05, 4.69) is 11.0 Å². The number of rotatable bonds is 4. The fourth-order valence-electron chi connectivity index (χ4n) is 5.38. The molecule has 3 aliphatic heterocycles. The van der Waals surface area contributed by atoms with Crippen molar-refractivity contribution in [3.8, 4) is 11.5 Å². The summed E-state index contributed by atoms with van der Waals surface area (Å²) in [5.74, 6) is 1.24. The minimum atomic E-state index is -0.409. The Labute approximate surface area is 208 Å². The first-order valence-corrected chi connectivity index (χ1v) is 12.8. The maximum absolute atomic E-state index is 14.0. The van der Waals surface area contributed by atoms with Gasteiger partial charge in [-0.2, -0.15) is 0 Å². The molecule has 7 nitrogen and oxygen atoms in total. The molecule has 1 aromatic heterocycles. The van der Waals surface area contributed by atoms with Crippen LogP contribution in [0.2, 0.25) is 0 Å². The lowest BCUT2D eigenvalue weighted by Crippen LogP contribution is -2.52. The molecular weight excluding hydrogens is 462 g/mol. The Kier molecular flexibility index (Phi) is 5.70. The molecule has 1 saturated heterocycles. The van der Waals surface area contributed by atoms with Crippen LogP contribution in [0.1, 0.15) is 38.3 Å². The molecule has 0 N–H and O–H groups in total. The van der Waals surface area contributed by atoms with Gasteiger partial charge in [-0.1, -0.05) is 30.3 Å². The number of likely N-dealkylation sites (N-methyl/N-ethyl adjacent to an activating group) is 1. The van der Waals surface area contributed by atoms with Crippen molar-refractivity contribution >= 4 is 23.2 Å². The number of fused-ring (bicyclic) bond motifs is 2. The second kappa shape index (κ2) is 9.02. The SMILES string of the molecule is CN1C(=O)c2ccccc2C(C(=O)N2CCN(Cc3ccc4c(c3)OCO4)CC2)C1c1cccs1. The molecule has 2 unspecified atom stereocenters. The summed E-state index contributed by atoms with van der Waals surface area (Å²) in [7, 11) is 1.81. The molecule has 180 valence electrons. The molecule has 3 aliphatic rings. The number of benzene rings is 2. The molecule has 4 heterocycles. The van der Waals surface area contributed by atoms with E-state index in [4.69, 9.17) is 9.47 Å². The van der Waals surface area contributed by atoms with Gasteiger partial charge < -0.3 is 19.3 Å². The van der Waals surface area contributed by atoms with Gasteiger partial charge in [0, 0.05) is 50.2 Å². The smallest absolute Gasteiger partial charge is 0.254 e. The van der Waals surface area contributed by atoms with E-state index in [1.165, 1.54) is 5.56 Å². The quantitative estimate of drug-likeness (QED) is 0.559. The van der Waals surface area contributed by atoms with Crippen molar-refractivity contribution in [3.63, 3.8) is 0 Å². The summed E-state index contributed by atoms with van der Waals surface area (Å²) in [6.45, 7) is 4.00. The van der Waals surface area contributed by atoms with Gasteiger partial charge in [-0.05, 0) is 40.8 Å². The average Bonchev–Trinajstić information content (AvgIpc) is 3.58. The normalized spacial score (nSPS) is 21.8. The van der Waals surface area contributed by atoms with Crippen molar-refractivity contribution in [2.45, 2.75) is 18.5 Å². The fraction of sp³-hybridized carbons (Fsp3) is 0.333. The van der Waals surface area contributed by atoms with Crippen molar-refractivity contribution in [1.82, 2.24) is 14.7 Å². The Bertz CT molecular complexity index is 1250. The lowest BCUT2D eigenvalue weighted by atomic mass is 9.81. The highest BCUT2D eigenvalue weighted by Gasteiger charge is 2.44. The lowest BCUT2D eigenvalue weighted by Gasteiger charge is -2.42. The van der Waals surface area contributed by atoms with E-state index in [0.29, 0.717) is 18.7 Å². The van der Waals surface area contributed by atoms with Crippen molar-refractivity contribution in [1.29, 1.82) is 0 Å². The molecular formula is C27H27N3O4S. The molecule has 2 atom stereocenters. The van der Waals surface area contributed by atoms with Gasteiger partial charge in [0.25, 0.3) is 5.91 Å². The summed E-state index contributed by atoms with van der Waals surface area (Å²) in [5, 5.41) is 2.00. The third-order valence-electron chi connectivity index (χ3n) is 7.21. The third-order valence-corrected chi connectivity index (χ3v) is 8.15. The van der Waals surface area contributed by atoms with Crippen LogP contribution in [0.25, 0.3) is 0 Å². The number of carbonyl (C=O) groups is 2. The number of hydrogen-bond donors (Lipinski definition) is 0. The third kappa shape index (κ3) is 3.96. The van der Waals surface area contributed by atoms with Gasteiger partial charge in [0.1, 0.15) is 0 Å². The van der Waals surface area contributed by atoms with Crippen LogP contribution >= 0.6 is 11.3 Å². The molecule has 0 saturated carbocycles. The zero-order valence-corrected chi connectivity index (χ0v) is 20.4. The predicted molar refractivity (Wildman–Crippen MR) is 133 cm³/mol. The Hall–Kier alpha value is -3.36. The standard InChI is InChI=1S/C27H27N3O4S/c1-28-25(23-7-4-14-35-23)24(19-5-2-3-6-20(19)26(28)31)27(32)30-12-10-29(11-13-30)16-18-8-9-21-22(15-18)34-17-33-21/h2-9,14-15,24-25H,10-13,16-17H2,1H3. The summed E-state index contributed by atoms with van der Waals surface area (Å²) >= 11 is 1.60. The topological polar surface area (TPSA) is 62.3 Å². The van der Waals surface area contributed by atoms with Crippen LogP contribution in [-0.2, 0) is 11.3 Å². The van der Waals surface area contributed by atoms with E-state index in [-0.39, 0.29) is 24.6 Å². The summed E-state index contributed by atoms with van der Waals surface area (Å²) in [5.41, 5.74) is 2.64. The Balaban J connectivity index is 1.20. The molecule has 0 aliphatic carbocycles. The van der Waals surface area contributed by atoms with Gasteiger partial charge in [-0.15, -0.1) is 11.3 Å². The van der Waals surface area contributed by atoms with E-state index in [0.717, 1.165) is 41.6 Å². The van der Waals surface area contributed by atoms with Crippen LogP contribution in [-0.4, -0.2) is 66.5 Å². The first kappa shape index (κ1) is 22.1. The number of nitrogens with zero attached hydrogens (tertiary/aromatic N) is 3. The molecule has 35 heavy (non-hydrogen) atoms. The largest absolute Gasteiger partial charge is 0.454 e. The summed E-state index contributed by atoms with van der Waals surface area (Å²) in [4.78, 5) is 34.3. The van der Waals surface area contributed by atoms with Gasteiger partial charge >= 0.3 is 0 Å². The Morgan fingerprint density at radius 3 is 2.60 bits per heavy atom. The number of thiophene rings is 1. The second-order valence-electron chi connectivity index (χ2n) is 9.23. The van der Waals surface area contributed by atoms with Gasteiger partial charge in [-0.3, -0.25) is 14.5 Å². The van der Waals surface area contributed by atoms with E-state index >= 15 is 0 Å². The first-order valence-electron chi connectivity index (χ1n) is 11.9. The van der Waals surface area contributed by atoms with E-state index in [1.807, 2.05) is 65.9 Å². The molecule has 0 radical (unpaired) electrons. The van der Waals surface area contributed by atoms with E-state index in [1.54, 1.807) is 16.2 Å².